The zero-order chi connectivity index (χ0) is 25.5. The van der Waals surface area contributed by atoms with Gasteiger partial charge in [0.15, 0.2) is 0 Å². The molecule has 2 N–H and O–H groups in total. The second-order valence-electron chi connectivity index (χ2n) is 8.92. The fraction of sp³-hybridized carbons (Fsp3) is 0.161. The Morgan fingerprint density at radius 2 is 1.49 bits per heavy atom. The van der Waals surface area contributed by atoms with Crippen LogP contribution in [0.2, 0.25) is 0 Å². The van der Waals surface area contributed by atoms with E-state index in [0.29, 0.717) is 18.1 Å². The maximum Gasteiger partial charge on any atom is 0.227 e. The topological polar surface area (TPSA) is 76.4 Å². The van der Waals surface area contributed by atoms with Gasteiger partial charge in [-0.2, -0.15) is 0 Å². The van der Waals surface area contributed by atoms with E-state index in [0.717, 1.165) is 27.7 Å². The summed E-state index contributed by atoms with van der Waals surface area (Å²) >= 11 is 0. The van der Waals surface area contributed by atoms with Crippen LogP contribution in [-0.2, 0) is 24.3 Å². The number of fused-ring (bicyclic) bond motifs is 1. The van der Waals surface area contributed by atoms with Gasteiger partial charge in [-0.3, -0.25) is 4.79 Å². The van der Waals surface area contributed by atoms with Gasteiger partial charge in [0.1, 0.15) is 24.3 Å². The quantitative estimate of drug-likeness (QED) is 0.288. The summed E-state index contributed by atoms with van der Waals surface area (Å²) in [5.41, 5.74) is 4.95. The molecule has 0 bridgehead atoms. The van der Waals surface area contributed by atoms with Crippen molar-refractivity contribution >= 4 is 16.9 Å². The average Bonchev–Trinajstić information content (AvgIpc) is 3.28. The number of aliphatic hydroxyl groups excluding tert-OH is 1. The first-order valence-electron chi connectivity index (χ1n) is 12.4. The maximum atomic E-state index is 12.7. The summed E-state index contributed by atoms with van der Waals surface area (Å²) in [6.45, 7) is 0.847. The lowest BCUT2D eigenvalue weighted by Crippen LogP contribution is -2.28. The van der Waals surface area contributed by atoms with Crippen LogP contribution in [0.5, 0.6) is 5.75 Å². The number of benzene rings is 4. The van der Waals surface area contributed by atoms with Gasteiger partial charge in [0, 0.05) is 6.54 Å². The predicted octanol–water partition coefficient (Wildman–Crippen LogP) is 5.00. The van der Waals surface area contributed by atoms with Crippen LogP contribution < -0.4 is 10.1 Å². The molecule has 1 heterocycles. The smallest absolute Gasteiger partial charge is 0.227 e. The molecule has 37 heavy (non-hydrogen) atoms. The van der Waals surface area contributed by atoms with E-state index in [2.05, 4.69) is 22.4 Å². The van der Waals surface area contributed by atoms with Gasteiger partial charge in [0.2, 0.25) is 5.91 Å². The van der Waals surface area contributed by atoms with Gasteiger partial charge in [-0.1, -0.05) is 84.9 Å². The zero-order valence-corrected chi connectivity index (χ0v) is 20.5. The van der Waals surface area contributed by atoms with Gasteiger partial charge >= 0.3 is 0 Å². The van der Waals surface area contributed by atoms with Crippen LogP contribution in [0, 0.1) is 0 Å². The molecule has 5 rings (SSSR count). The highest BCUT2D eigenvalue weighted by Crippen LogP contribution is 2.22. The highest BCUT2D eigenvalue weighted by Gasteiger charge is 2.17. The third-order valence-corrected chi connectivity index (χ3v) is 6.18. The van der Waals surface area contributed by atoms with Crippen molar-refractivity contribution in [2.24, 2.45) is 0 Å². The van der Waals surface area contributed by atoms with E-state index in [-0.39, 0.29) is 25.5 Å². The number of aromatic nitrogens is 2. The molecule has 6 nitrogen and oxygen atoms in total. The fourth-order valence-corrected chi connectivity index (χ4v) is 4.30. The van der Waals surface area contributed by atoms with Gasteiger partial charge < -0.3 is 19.7 Å². The SMILES string of the molecule is O=C(Cc1nc2ccccc2n1CC(O)COc1ccc(-c2ccccc2)cc1)NCc1ccccc1. The molecule has 186 valence electrons. The Bertz CT molecular complexity index is 1450. The van der Waals surface area contributed by atoms with Crippen molar-refractivity contribution in [3.8, 4) is 16.9 Å². The number of aliphatic hydroxyl groups is 1. The van der Waals surface area contributed by atoms with Crippen molar-refractivity contribution in [2.45, 2.75) is 25.6 Å². The minimum absolute atomic E-state index is 0.121. The molecule has 6 heteroatoms. The van der Waals surface area contributed by atoms with E-state index in [1.807, 2.05) is 102 Å². The Morgan fingerprint density at radius 3 is 2.24 bits per heavy atom. The first-order valence-corrected chi connectivity index (χ1v) is 12.4. The maximum absolute atomic E-state index is 12.7. The molecule has 0 fully saturated rings. The lowest BCUT2D eigenvalue weighted by Gasteiger charge is -2.16. The number of rotatable bonds is 10. The number of imidazole rings is 1. The molecule has 0 aliphatic carbocycles. The minimum atomic E-state index is -0.780. The first-order chi connectivity index (χ1) is 18.2. The van der Waals surface area contributed by atoms with E-state index < -0.39 is 6.10 Å². The van der Waals surface area contributed by atoms with E-state index in [9.17, 15) is 9.90 Å². The summed E-state index contributed by atoms with van der Waals surface area (Å²) in [7, 11) is 0. The molecule has 0 aliphatic rings. The molecule has 1 atom stereocenters. The second kappa shape index (κ2) is 11.5. The Kier molecular flexibility index (Phi) is 7.58. The van der Waals surface area contributed by atoms with Crippen LogP contribution >= 0.6 is 0 Å². The molecule has 5 aromatic rings. The average molecular weight is 492 g/mol. The van der Waals surface area contributed by atoms with Crippen LogP contribution in [0.3, 0.4) is 0 Å². The van der Waals surface area contributed by atoms with Gasteiger partial charge in [0.05, 0.1) is 24.0 Å². The molecule has 1 aromatic heterocycles. The summed E-state index contributed by atoms with van der Waals surface area (Å²) in [5.74, 6) is 1.18. The predicted molar refractivity (Wildman–Crippen MR) is 145 cm³/mol. The van der Waals surface area contributed by atoms with Gasteiger partial charge in [-0.25, -0.2) is 4.98 Å². The molecule has 0 saturated carbocycles. The van der Waals surface area contributed by atoms with Gasteiger partial charge in [-0.05, 0) is 41.0 Å². The van der Waals surface area contributed by atoms with E-state index in [4.69, 9.17) is 4.74 Å². The van der Waals surface area contributed by atoms with E-state index >= 15 is 0 Å². The number of amides is 1. The largest absolute Gasteiger partial charge is 0.491 e. The highest BCUT2D eigenvalue weighted by molar-refractivity contribution is 5.81. The highest BCUT2D eigenvalue weighted by atomic mass is 16.5. The monoisotopic (exact) mass is 491 g/mol. The van der Waals surface area contributed by atoms with Crippen LogP contribution in [0.4, 0.5) is 0 Å². The van der Waals surface area contributed by atoms with Crippen molar-refractivity contribution in [2.75, 3.05) is 6.61 Å². The van der Waals surface area contributed by atoms with Crippen molar-refractivity contribution in [1.29, 1.82) is 0 Å². The molecular formula is C31H29N3O3. The van der Waals surface area contributed by atoms with Crippen molar-refractivity contribution in [3.63, 3.8) is 0 Å². The molecule has 0 radical (unpaired) electrons. The number of carbonyl (C=O) groups is 1. The normalized spacial score (nSPS) is 11.8. The van der Waals surface area contributed by atoms with Crippen molar-refractivity contribution in [1.82, 2.24) is 14.9 Å². The van der Waals surface area contributed by atoms with Gasteiger partial charge in [0.25, 0.3) is 0 Å². The number of nitrogens with one attached hydrogen (secondary N) is 1. The zero-order valence-electron chi connectivity index (χ0n) is 20.5. The molecule has 1 amide bonds. The van der Waals surface area contributed by atoms with Crippen LogP contribution in [0.1, 0.15) is 11.4 Å². The standard InChI is InChI=1S/C31H29N3O3/c35-26(22-37-27-17-15-25(16-18-27)24-11-5-2-6-12-24)21-34-29-14-8-7-13-28(29)33-30(34)19-31(36)32-20-23-9-3-1-4-10-23/h1-18,26,35H,19-22H2,(H,32,36). The van der Waals surface area contributed by atoms with Crippen LogP contribution in [0.15, 0.2) is 109 Å². The van der Waals surface area contributed by atoms with Crippen molar-refractivity contribution < 1.29 is 14.6 Å². The third-order valence-electron chi connectivity index (χ3n) is 6.18. The molecular weight excluding hydrogens is 462 g/mol. The fourth-order valence-electron chi connectivity index (χ4n) is 4.30. The number of hydrogen-bond donors (Lipinski definition) is 2. The number of hydrogen-bond acceptors (Lipinski definition) is 4. The lowest BCUT2D eigenvalue weighted by molar-refractivity contribution is -0.120. The third kappa shape index (κ3) is 6.23. The van der Waals surface area contributed by atoms with Crippen molar-refractivity contribution in [3.05, 3.63) is 121 Å². The molecule has 4 aromatic carbocycles. The summed E-state index contributed by atoms with van der Waals surface area (Å²) in [5, 5.41) is 13.8. The Morgan fingerprint density at radius 1 is 0.838 bits per heavy atom. The number of ether oxygens (including phenoxy) is 1. The van der Waals surface area contributed by atoms with E-state index in [1.54, 1.807) is 0 Å². The first kappa shape index (κ1) is 24.3. The number of carbonyl (C=O) groups excluding carboxylic acids is 1. The second-order valence-corrected chi connectivity index (χ2v) is 8.92. The summed E-state index contributed by atoms with van der Waals surface area (Å²) in [4.78, 5) is 17.4. The van der Waals surface area contributed by atoms with Gasteiger partial charge in [-0.15, -0.1) is 0 Å². The lowest BCUT2D eigenvalue weighted by atomic mass is 10.1. The Labute approximate surface area is 216 Å². The van der Waals surface area contributed by atoms with Crippen LogP contribution in [-0.4, -0.2) is 33.3 Å². The summed E-state index contributed by atoms with van der Waals surface area (Å²) in [6, 6.07) is 35.5. The number of para-hydroxylation sites is 2. The minimum Gasteiger partial charge on any atom is -0.491 e. The van der Waals surface area contributed by atoms with E-state index in [1.165, 1.54) is 0 Å². The van der Waals surface area contributed by atoms with Crippen LogP contribution in [0.25, 0.3) is 22.2 Å². The molecule has 0 spiro atoms. The number of nitrogens with zero attached hydrogens (tertiary/aromatic N) is 2. The molecule has 0 saturated heterocycles. The summed E-state index contributed by atoms with van der Waals surface area (Å²) < 4.78 is 7.77. The molecule has 1 unspecified atom stereocenters. The molecule has 0 aliphatic heterocycles. The Hall–Kier alpha value is -4.42. The summed E-state index contributed by atoms with van der Waals surface area (Å²) in [6.07, 6.45) is -0.659. The Balaban J connectivity index is 1.22.